The first-order valence-electron chi connectivity index (χ1n) is 8.66. The molecule has 2 rings (SSSR count). The summed E-state index contributed by atoms with van der Waals surface area (Å²) in [5.74, 6) is -0.624. The van der Waals surface area contributed by atoms with Gasteiger partial charge in [0.25, 0.3) is 11.8 Å². The van der Waals surface area contributed by atoms with E-state index in [1.807, 2.05) is 27.7 Å². The maximum Gasteiger partial charge on any atom is 0.291 e. The molecule has 2 heterocycles. The molecule has 0 aromatic carbocycles. The Kier molecular flexibility index (Phi) is 6.43. The SMILES string of the molecule is CCN(CC(=O)NC(C)(C)C)C(=O)c1sc(NC(=O)c2ccco2)cc1C. The van der Waals surface area contributed by atoms with Crippen molar-refractivity contribution in [2.45, 2.75) is 40.2 Å². The van der Waals surface area contributed by atoms with E-state index in [9.17, 15) is 14.4 Å². The molecular weight excluding hydrogens is 366 g/mol. The lowest BCUT2D eigenvalue weighted by molar-refractivity contribution is -0.123. The minimum atomic E-state index is -0.378. The fraction of sp³-hybridized carbons (Fsp3) is 0.421. The van der Waals surface area contributed by atoms with Gasteiger partial charge in [-0.1, -0.05) is 0 Å². The molecule has 2 N–H and O–H groups in total. The van der Waals surface area contributed by atoms with Crippen LogP contribution in [-0.2, 0) is 4.79 Å². The first-order valence-corrected chi connectivity index (χ1v) is 9.48. The molecule has 2 aromatic rings. The Balaban J connectivity index is 2.09. The molecule has 0 unspecified atom stereocenters. The van der Waals surface area contributed by atoms with Crippen LogP contribution in [0.5, 0.6) is 0 Å². The Morgan fingerprint density at radius 2 is 1.96 bits per heavy atom. The largest absolute Gasteiger partial charge is 0.459 e. The van der Waals surface area contributed by atoms with Crippen molar-refractivity contribution >= 4 is 34.1 Å². The molecule has 8 heteroatoms. The number of rotatable bonds is 6. The van der Waals surface area contributed by atoms with Crippen molar-refractivity contribution in [1.82, 2.24) is 10.2 Å². The Hall–Kier alpha value is -2.61. The van der Waals surface area contributed by atoms with Crippen LogP contribution in [0.15, 0.2) is 28.9 Å². The standard InChI is InChI=1S/C19H25N3O4S/c1-6-22(11-14(23)21-19(3,4)5)18(25)16-12(2)10-15(27-16)20-17(24)13-8-7-9-26-13/h7-10H,6,11H2,1-5H3,(H,20,24)(H,21,23). The second kappa shape index (κ2) is 8.39. The van der Waals surface area contributed by atoms with Crippen LogP contribution in [0.4, 0.5) is 5.00 Å². The molecule has 146 valence electrons. The van der Waals surface area contributed by atoms with E-state index in [0.717, 1.165) is 5.56 Å². The van der Waals surface area contributed by atoms with Crippen LogP contribution in [-0.4, -0.2) is 41.2 Å². The zero-order chi connectivity index (χ0) is 20.2. The molecule has 0 radical (unpaired) electrons. The molecular formula is C19H25N3O4S. The summed E-state index contributed by atoms with van der Waals surface area (Å²) in [6, 6.07) is 4.93. The number of furan rings is 1. The highest BCUT2D eigenvalue weighted by Crippen LogP contribution is 2.28. The third-order valence-corrected chi connectivity index (χ3v) is 4.75. The summed E-state index contributed by atoms with van der Waals surface area (Å²) in [5.41, 5.74) is 0.385. The average molecular weight is 391 g/mol. The molecule has 2 aromatic heterocycles. The average Bonchev–Trinajstić information content (AvgIpc) is 3.20. The highest BCUT2D eigenvalue weighted by Gasteiger charge is 2.23. The third-order valence-electron chi connectivity index (χ3n) is 3.61. The number of anilines is 1. The number of aryl methyl sites for hydroxylation is 1. The molecule has 0 aliphatic rings. The van der Waals surface area contributed by atoms with Crippen LogP contribution in [0.3, 0.4) is 0 Å². The van der Waals surface area contributed by atoms with E-state index in [0.29, 0.717) is 16.4 Å². The zero-order valence-electron chi connectivity index (χ0n) is 16.2. The maximum atomic E-state index is 12.9. The lowest BCUT2D eigenvalue weighted by atomic mass is 10.1. The van der Waals surface area contributed by atoms with Crippen molar-refractivity contribution in [2.75, 3.05) is 18.4 Å². The molecule has 0 bridgehead atoms. The van der Waals surface area contributed by atoms with Gasteiger partial charge in [-0.25, -0.2) is 0 Å². The molecule has 3 amide bonds. The minimum absolute atomic E-state index is 0.0158. The maximum absolute atomic E-state index is 12.9. The van der Waals surface area contributed by atoms with Gasteiger partial charge < -0.3 is 20.0 Å². The van der Waals surface area contributed by atoms with Crippen molar-refractivity contribution in [1.29, 1.82) is 0 Å². The third kappa shape index (κ3) is 5.68. The Bertz CT molecular complexity index is 819. The Morgan fingerprint density at radius 3 is 2.52 bits per heavy atom. The van der Waals surface area contributed by atoms with Gasteiger partial charge in [0.15, 0.2) is 5.76 Å². The molecule has 0 atom stereocenters. The van der Waals surface area contributed by atoms with Gasteiger partial charge in [-0.2, -0.15) is 0 Å². The highest BCUT2D eigenvalue weighted by atomic mass is 32.1. The van der Waals surface area contributed by atoms with E-state index < -0.39 is 0 Å². The van der Waals surface area contributed by atoms with Gasteiger partial charge in [-0.15, -0.1) is 11.3 Å². The first kappa shape index (κ1) is 20.7. The smallest absolute Gasteiger partial charge is 0.291 e. The number of nitrogens with zero attached hydrogens (tertiary/aromatic N) is 1. The van der Waals surface area contributed by atoms with Crippen molar-refractivity contribution in [2.24, 2.45) is 0 Å². The summed E-state index contributed by atoms with van der Waals surface area (Å²) in [4.78, 5) is 39.1. The van der Waals surface area contributed by atoms with Gasteiger partial charge in [0, 0.05) is 12.1 Å². The molecule has 7 nitrogen and oxygen atoms in total. The van der Waals surface area contributed by atoms with E-state index >= 15 is 0 Å². The predicted molar refractivity (Wildman–Crippen MR) is 105 cm³/mol. The summed E-state index contributed by atoms with van der Waals surface area (Å²) in [5, 5.41) is 6.13. The second-order valence-electron chi connectivity index (χ2n) is 7.17. The second-order valence-corrected chi connectivity index (χ2v) is 8.22. The summed E-state index contributed by atoms with van der Waals surface area (Å²) >= 11 is 1.18. The first-order chi connectivity index (χ1) is 12.6. The van der Waals surface area contributed by atoms with E-state index in [4.69, 9.17) is 4.42 Å². The number of carbonyl (C=O) groups excluding carboxylic acids is 3. The van der Waals surface area contributed by atoms with Gasteiger partial charge in [0.2, 0.25) is 5.91 Å². The molecule has 0 fully saturated rings. The monoisotopic (exact) mass is 391 g/mol. The fourth-order valence-electron chi connectivity index (χ4n) is 2.44. The van der Waals surface area contributed by atoms with Crippen LogP contribution in [0.1, 0.15) is 53.5 Å². The van der Waals surface area contributed by atoms with Crippen molar-refractivity contribution in [3.05, 3.63) is 40.7 Å². The number of hydrogen-bond donors (Lipinski definition) is 2. The van der Waals surface area contributed by atoms with Crippen LogP contribution >= 0.6 is 11.3 Å². The number of thiophene rings is 1. The van der Waals surface area contributed by atoms with Crippen molar-refractivity contribution < 1.29 is 18.8 Å². The number of nitrogens with one attached hydrogen (secondary N) is 2. The molecule has 0 spiro atoms. The Morgan fingerprint density at radius 1 is 1.26 bits per heavy atom. The molecule has 0 aliphatic carbocycles. The highest BCUT2D eigenvalue weighted by molar-refractivity contribution is 7.18. The number of likely N-dealkylation sites (N-methyl/N-ethyl adjacent to an activating group) is 1. The molecule has 27 heavy (non-hydrogen) atoms. The molecule has 0 saturated carbocycles. The van der Waals surface area contributed by atoms with E-state index in [1.165, 1.54) is 22.5 Å². The number of hydrogen-bond acceptors (Lipinski definition) is 5. The number of carbonyl (C=O) groups is 3. The summed E-state index contributed by atoms with van der Waals surface area (Å²) in [6.45, 7) is 9.68. The minimum Gasteiger partial charge on any atom is -0.459 e. The van der Waals surface area contributed by atoms with E-state index in [2.05, 4.69) is 10.6 Å². The van der Waals surface area contributed by atoms with Crippen LogP contribution in [0.25, 0.3) is 0 Å². The van der Waals surface area contributed by atoms with Gasteiger partial charge in [0.05, 0.1) is 22.7 Å². The molecule has 0 saturated heterocycles. The van der Waals surface area contributed by atoms with Crippen LogP contribution in [0, 0.1) is 6.92 Å². The Labute approximate surface area is 162 Å². The normalized spacial score (nSPS) is 11.1. The van der Waals surface area contributed by atoms with Gasteiger partial charge in [-0.3, -0.25) is 14.4 Å². The number of amides is 3. The van der Waals surface area contributed by atoms with Gasteiger partial charge in [0.1, 0.15) is 0 Å². The lowest BCUT2D eigenvalue weighted by Crippen LogP contribution is -2.47. The van der Waals surface area contributed by atoms with Gasteiger partial charge in [-0.05, 0) is 58.4 Å². The predicted octanol–water partition coefficient (Wildman–Crippen LogP) is 3.28. The van der Waals surface area contributed by atoms with Crippen LogP contribution < -0.4 is 10.6 Å². The summed E-state index contributed by atoms with van der Waals surface area (Å²) in [6.07, 6.45) is 1.42. The fourth-order valence-corrected chi connectivity index (χ4v) is 3.47. The van der Waals surface area contributed by atoms with Gasteiger partial charge >= 0.3 is 0 Å². The quantitative estimate of drug-likeness (QED) is 0.790. The zero-order valence-corrected chi connectivity index (χ0v) is 17.0. The summed E-state index contributed by atoms with van der Waals surface area (Å²) in [7, 11) is 0. The topological polar surface area (TPSA) is 91.7 Å². The molecule has 0 aliphatic heterocycles. The van der Waals surface area contributed by atoms with E-state index in [-0.39, 0.29) is 35.6 Å². The van der Waals surface area contributed by atoms with Crippen LogP contribution in [0.2, 0.25) is 0 Å². The van der Waals surface area contributed by atoms with Crippen molar-refractivity contribution in [3.8, 4) is 0 Å². The lowest BCUT2D eigenvalue weighted by Gasteiger charge is -2.25. The summed E-state index contributed by atoms with van der Waals surface area (Å²) < 4.78 is 5.06. The van der Waals surface area contributed by atoms with E-state index in [1.54, 1.807) is 25.1 Å². The van der Waals surface area contributed by atoms with Crippen molar-refractivity contribution in [3.63, 3.8) is 0 Å².